The van der Waals surface area contributed by atoms with Gasteiger partial charge in [-0.15, -0.1) is 0 Å². The number of rotatable bonds is 3. The van der Waals surface area contributed by atoms with Gasteiger partial charge in [-0.05, 0) is 46.8 Å². The zero-order valence-electron chi connectivity index (χ0n) is 15.4. The topological polar surface area (TPSA) is 60.8 Å². The van der Waals surface area contributed by atoms with Crippen LogP contribution >= 0.6 is 0 Å². The van der Waals surface area contributed by atoms with Crippen LogP contribution in [0.1, 0.15) is 17.2 Å². The Hall–Kier alpha value is -3.31. The highest BCUT2D eigenvalue weighted by Gasteiger charge is 2.18. The monoisotopic (exact) mass is 373 g/mol. The van der Waals surface area contributed by atoms with Crippen molar-refractivity contribution in [2.24, 2.45) is 0 Å². The van der Waals surface area contributed by atoms with Crippen LogP contribution in [0, 0.1) is 0 Å². The molecule has 1 aliphatic rings. The quantitative estimate of drug-likeness (QED) is 0.544. The van der Waals surface area contributed by atoms with Crippen LogP contribution in [0.15, 0.2) is 60.7 Å². The molecule has 0 saturated carbocycles. The van der Waals surface area contributed by atoms with E-state index in [1.807, 2.05) is 60.7 Å². The van der Waals surface area contributed by atoms with Gasteiger partial charge in [-0.3, -0.25) is 0 Å². The van der Waals surface area contributed by atoms with E-state index in [2.05, 4.69) is 4.98 Å². The van der Waals surface area contributed by atoms with E-state index in [1.165, 1.54) is 0 Å². The summed E-state index contributed by atoms with van der Waals surface area (Å²) < 4.78 is 16.7. The molecule has 2 heterocycles. The van der Waals surface area contributed by atoms with Gasteiger partial charge in [0.1, 0.15) is 19.3 Å². The van der Waals surface area contributed by atoms with Crippen LogP contribution in [0.4, 0.5) is 0 Å². The van der Waals surface area contributed by atoms with E-state index in [-0.39, 0.29) is 0 Å². The smallest absolute Gasteiger partial charge is 0.221 e. The van der Waals surface area contributed by atoms with Crippen molar-refractivity contribution >= 4 is 21.7 Å². The van der Waals surface area contributed by atoms with Crippen molar-refractivity contribution in [3.05, 3.63) is 71.8 Å². The molecule has 5 heteroatoms. The lowest BCUT2D eigenvalue weighted by Crippen LogP contribution is -2.15. The fourth-order valence-corrected chi connectivity index (χ4v) is 3.69. The molecule has 0 fully saturated rings. The number of aromatic nitrogens is 1. The molecule has 0 spiro atoms. The average molecular weight is 373 g/mol. The Balaban J connectivity index is 1.62. The van der Waals surface area contributed by atoms with Crippen molar-refractivity contribution in [1.29, 1.82) is 0 Å². The summed E-state index contributed by atoms with van der Waals surface area (Å²) in [5, 5.41) is 14.0. The first kappa shape index (κ1) is 16.8. The van der Waals surface area contributed by atoms with Crippen LogP contribution in [0.2, 0.25) is 0 Å². The van der Waals surface area contributed by atoms with Gasteiger partial charge in [0.05, 0.1) is 12.6 Å². The second kappa shape index (κ2) is 6.69. The highest BCUT2D eigenvalue weighted by Crippen LogP contribution is 2.36. The molecule has 0 bridgehead atoms. The van der Waals surface area contributed by atoms with Gasteiger partial charge in [0.15, 0.2) is 11.5 Å². The highest BCUT2D eigenvalue weighted by molar-refractivity contribution is 6.08. The molecule has 140 valence electrons. The zero-order valence-corrected chi connectivity index (χ0v) is 15.4. The number of nitrogens with zero attached hydrogens (tertiary/aromatic N) is 1. The fourth-order valence-electron chi connectivity index (χ4n) is 3.69. The molecule has 1 N–H and O–H groups in total. The van der Waals surface area contributed by atoms with E-state index in [4.69, 9.17) is 14.2 Å². The van der Waals surface area contributed by atoms with E-state index < -0.39 is 6.10 Å². The number of hydrogen-bond donors (Lipinski definition) is 1. The summed E-state index contributed by atoms with van der Waals surface area (Å²) in [5.41, 5.74) is 2.38. The number of hydrogen-bond acceptors (Lipinski definition) is 5. The summed E-state index contributed by atoms with van der Waals surface area (Å²) in [5.74, 6) is 1.98. The van der Waals surface area contributed by atoms with Gasteiger partial charge in [0, 0.05) is 10.8 Å². The molecular formula is C23H19NO4. The van der Waals surface area contributed by atoms with Crippen molar-refractivity contribution in [2.75, 3.05) is 20.3 Å². The molecule has 1 aromatic heterocycles. The van der Waals surface area contributed by atoms with Crippen LogP contribution in [0.3, 0.4) is 0 Å². The fraction of sp³-hybridized carbons (Fsp3) is 0.174. The van der Waals surface area contributed by atoms with Crippen molar-refractivity contribution in [3.63, 3.8) is 0 Å². The predicted octanol–water partition coefficient (Wildman–Crippen LogP) is 4.25. The van der Waals surface area contributed by atoms with E-state index in [1.54, 1.807) is 7.11 Å². The third kappa shape index (κ3) is 2.72. The first-order valence-electron chi connectivity index (χ1n) is 9.18. The standard InChI is InChI=1S/C23H19NO4/c1-26-23-17-5-3-2-4-16(17)18-12-14(6-8-19(18)24-23)22(25)15-7-9-20-21(13-15)28-11-10-27-20/h2-9,12-13,22,25H,10-11H2,1H3. The zero-order chi connectivity index (χ0) is 19.1. The van der Waals surface area contributed by atoms with Crippen molar-refractivity contribution < 1.29 is 19.3 Å². The SMILES string of the molecule is COc1nc2ccc(C(O)c3ccc4c(c3)OCCO4)cc2c2ccccc12. The van der Waals surface area contributed by atoms with Crippen LogP contribution < -0.4 is 14.2 Å². The van der Waals surface area contributed by atoms with Gasteiger partial charge in [-0.2, -0.15) is 0 Å². The molecule has 3 aromatic carbocycles. The minimum Gasteiger partial charge on any atom is -0.486 e. The molecule has 1 aliphatic heterocycles. The van der Waals surface area contributed by atoms with E-state index in [0.717, 1.165) is 32.8 Å². The third-order valence-electron chi connectivity index (χ3n) is 5.08. The summed E-state index contributed by atoms with van der Waals surface area (Å²) in [6.07, 6.45) is -0.777. The van der Waals surface area contributed by atoms with Gasteiger partial charge in [0.25, 0.3) is 0 Å². The lowest BCUT2D eigenvalue weighted by Gasteiger charge is -2.20. The Morgan fingerprint density at radius 1 is 0.857 bits per heavy atom. The van der Waals surface area contributed by atoms with Gasteiger partial charge >= 0.3 is 0 Å². The predicted molar refractivity (Wildman–Crippen MR) is 107 cm³/mol. The van der Waals surface area contributed by atoms with Crippen LogP contribution in [0.25, 0.3) is 21.7 Å². The van der Waals surface area contributed by atoms with Crippen LogP contribution in [0.5, 0.6) is 17.4 Å². The number of benzene rings is 3. The van der Waals surface area contributed by atoms with Crippen LogP contribution in [-0.4, -0.2) is 30.4 Å². The molecule has 0 aliphatic carbocycles. The first-order chi connectivity index (χ1) is 13.7. The van der Waals surface area contributed by atoms with Crippen molar-refractivity contribution in [3.8, 4) is 17.4 Å². The molecular weight excluding hydrogens is 354 g/mol. The summed E-state index contributed by atoms with van der Waals surface area (Å²) in [7, 11) is 1.63. The molecule has 1 atom stereocenters. The van der Waals surface area contributed by atoms with Crippen molar-refractivity contribution in [1.82, 2.24) is 4.98 Å². The lowest BCUT2D eigenvalue weighted by molar-refractivity contribution is 0.169. The normalized spacial score (nSPS) is 14.2. The van der Waals surface area contributed by atoms with Gasteiger partial charge < -0.3 is 19.3 Å². The van der Waals surface area contributed by atoms with Crippen LogP contribution in [-0.2, 0) is 0 Å². The summed E-state index contributed by atoms with van der Waals surface area (Å²) in [6, 6.07) is 19.3. The van der Waals surface area contributed by atoms with Gasteiger partial charge in [-0.1, -0.05) is 30.3 Å². The van der Waals surface area contributed by atoms with Gasteiger partial charge in [-0.25, -0.2) is 4.98 Å². The third-order valence-corrected chi connectivity index (χ3v) is 5.08. The number of ether oxygens (including phenoxy) is 3. The number of aliphatic hydroxyl groups excluding tert-OH is 1. The summed E-state index contributed by atoms with van der Waals surface area (Å²) in [6.45, 7) is 1.06. The molecule has 5 nitrogen and oxygen atoms in total. The first-order valence-corrected chi connectivity index (χ1v) is 9.18. The minimum atomic E-state index is -0.777. The largest absolute Gasteiger partial charge is 0.486 e. The number of pyridine rings is 1. The molecule has 4 aromatic rings. The number of methoxy groups -OCH3 is 1. The van der Waals surface area contributed by atoms with Gasteiger partial charge in [0.2, 0.25) is 5.88 Å². The maximum atomic E-state index is 11.0. The van der Waals surface area contributed by atoms with E-state index in [0.29, 0.717) is 30.6 Å². The summed E-state index contributed by atoms with van der Waals surface area (Å²) >= 11 is 0. The van der Waals surface area contributed by atoms with Crippen molar-refractivity contribution in [2.45, 2.75) is 6.10 Å². The Kier molecular flexibility index (Phi) is 4.02. The number of aliphatic hydroxyl groups is 1. The second-order valence-electron chi connectivity index (χ2n) is 6.75. The molecule has 5 rings (SSSR count). The molecule has 1 unspecified atom stereocenters. The highest BCUT2D eigenvalue weighted by atomic mass is 16.6. The number of fused-ring (bicyclic) bond motifs is 4. The Morgan fingerprint density at radius 2 is 1.57 bits per heavy atom. The minimum absolute atomic E-state index is 0.516. The maximum absolute atomic E-state index is 11.0. The Morgan fingerprint density at radius 3 is 2.39 bits per heavy atom. The summed E-state index contributed by atoms with van der Waals surface area (Å²) in [4.78, 5) is 4.61. The Bertz CT molecular complexity index is 1190. The Labute approximate surface area is 162 Å². The molecule has 0 radical (unpaired) electrons. The molecule has 28 heavy (non-hydrogen) atoms. The van der Waals surface area contributed by atoms with E-state index >= 15 is 0 Å². The lowest BCUT2D eigenvalue weighted by atomic mass is 9.97. The molecule has 0 saturated heterocycles. The van der Waals surface area contributed by atoms with E-state index in [9.17, 15) is 5.11 Å². The maximum Gasteiger partial charge on any atom is 0.221 e. The molecule has 0 amide bonds. The average Bonchev–Trinajstić information content (AvgIpc) is 2.77. The second-order valence-corrected chi connectivity index (χ2v) is 6.75.